The highest BCUT2D eigenvalue weighted by molar-refractivity contribution is 7.98. The van der Waals surface area contributed by atoms with Gasteiger partial charge in [-0.15, -0.1) is 0 Å². The van der Waals surface area contributed by atoms with Gasteiger partial charge in [-0.2, -0.15) is 11.8 Å². The SMILES string of the molecule is C=C(CSC)C(=O)c1cccnc1. The maximum atomic E-state index is 11.6. The van der Waals surface area contributed by atoms with Crippen LogP contribution in [0.2, 0.25) is 0 Å². The highest BCUT2D eigenvalue weighted by Crippen LogP contribution is 2.09. The summed E-state index contributed by atoms with van der Waals surface area (Å²) in [5.41, 5.74) is 1.24. The Morgan fingerprint density at radius 3 is 3.00 bits per heavy atom. The Balaban J connectivity index is 2.74. The van der Waals surface area contributed by atoms with Crippen LogP contribution in [0.15, 0.2) is 36.7 Å². The maximum Gasteiger partial charge on any atom is 0.190 e. The maximum absolute atomic E-state index is 11.6. The predicted octanol–water partition coefficient (Wildman–Crippen LogP) is 2.18. The number of aromatic nitrogens is 1. The fraction of sp³-hybridized carbons (Fsp3) is 0.200. The zero-order valence-corrected chi connectivity index (χ0v) is 8.30. The van der Waals surface area contributed by atoms with Crippen molar-refractivity contribution in [3.63, 3.8) is 0 Å². The number of hydrogen-bond acceptors (Lipinski definition) is 3. The molecule has 0 aliphatic heterocycles. The molecule has 0 unspecified atom stereocenters. The average molecular weight is 193 g/mol. The van der Waals surface area contributed by atoms with Gasteiger partial charge in [-0.3, -0.25) is 9.78 Å². The molecule has 1 aromatic heterocycles. The van der Waals surface area contributed by atoms with E-state index in [0.717, 1.165) is 0 Å². The minimum atomic E-state index is -0.0116. The quantitative estimate of drug-likeness (QED) is 0.542. The van der Waals surface area contributed by atoms with Crippen LogP contribution in [-0.2, 0) is 0 Å². The van der Waals surface area contributed by atoms with Crippen LogP contribution in [-0.4, -0.2) is 22.8 Å². The van der Waals surface area contributed by atoms with Gasteiger partial charge in [-0.05, 0) is 18.4 Å². The number of rotatable bonds is 4. The molecule has 0 saturated heterocycles. The average Bonchev–Trinajstić information content (AvgIpc) is 2.18. The fourth-order valence-corrected chi connectivity index (χ4v) is 1.42. The third-order valence-electron chi connectivity index (χ3n) is 1.56. The second-order valence-electron chi connectivity index (χ2n) is 2.61. The molecule has 1 heterocycles. The number of pyridine rings is 1. The van der Waals surface area contributed by atoms with Crippen molar-refractivity contribution in [1.29, 1.82) is 0 Å². The van der Waals surface area contributed by atoms with Gasteiger partial charge in [0.05, 0.1) is 0 Å². The molecule has 0 saturated carbocycles. The molecule has 0 spiro atoms. The monoisotopic (exact) mass is 193 g/mol. The van der Waals surface area contributed by atoms with Crippen LogP contribution in [0.5, 0.6) is 0 Å². The Morgan fingerprint density at radius 1 is 1.69 bits per heavy atom. The molecule has 0 fully saturated rings. The summed E-state index contributed by atoms with van der Waals surface area (Å²) < 4.78 is 0. The first kappa shape index (κ1) is 9.99. The highest BCUT2D eigenvalue weighted by Gasteiger charge is 2.08. The van der Waals surface area contributed by atoms with Gasteiger partial charge in [0.25, 0.3) is 0 Å². The summed E-state index contributed by atoms with van der Waals surface area (Å²) >= 11 is 1.59. The summed E-state index contributed by atoms with van der Waals surface area (Å²) in [5.74, 6) is 0.663. The Hall–Kier alpha value is -1.09. The molecule has 0 amide bonds. The van der Waals surface area contributed by atoms with Crippen LogP contribution < -0.4 is 0 Å². The minimum Gasteiger partial charge on any atom is -0.289 e. The molecule has 1 rings (SSSR count). The van der Waals surface area contributed by atoms with E-state index in [0.29, 0.717) is 16.9 Å². The summed E-state index contributed by atoms with van der Waals surface area (Å²) in [4.78, 5) is 15.5. The molecule has 0 bridgehead atoms. The van der Waals surface area contributed by atoms with Crippen molar-refractivity contribution >= 4 is 17.5 Å². The number of carbonyl (C=O) groups excluding carboxylic acids is 1. The predicted molar refractivity (Wildman–Crippen MR) is 56.1 cm³/mol. The van der Waals surface area contributed by atoms with Gasteiger partial charge in [0.2, 0.25) is 0 Å². The Labute approximate surface area is 82.1 Å². The van der Waals surface area contributed by atoms with E-state index in [1.54, 1.807) is 36.3 Å². The second-order valence-corrected chi connectivity index (χ2v) is 3.47. The van der Waals surface area contributed by atoms with Crippen molar-refractivity contribution in [2.24, 2.45) is 0 Å². The van der Waals surface area contributed by atoms with Gasteiger partial charge < -0.3 is 0 Å². The molecule has 2 nitrogen and oxygen atoms in total. The van der Waals surface area contributed by atoms with E-state index >= 15 is 0 Å². The molecule has 0 radical (unpaired) electrons. The number of hydrogen-bond donors (Lipinski definition) is 0. The van der Waals surface area contributed by atoms with Crippen molar-refractivity contribution in [3.8, 4) is 0 Å². The van der Waals surface area contributed by atoms with Crippen LogP contribution in [0.1, 0.15) is 10.4 Å². The van der Waals surface area contributed by atoms with Crippen LogP contribution in [0.4, 0.5) is 0 Å². The highest BCUT2D eigenvalue weighted by atomic mass is 32.2. The van der Waals surface area contributed by atoms with Crippen LogP contribution in [0, 0.1) is 0 Å². The summed E-state index contributed by atoms with van der Waals surface area (Å²) in [5, 5.41) is 0. The smallest absolute Gasteiger partial charge is 0.190 e. The standard InChI is InChI=1S/C10H11NOS/c1-8(7-13-2)10(12)9-4-3-5-11-6-9/h3-6H,1,7H2,2H3. The lowest BCUT2D eigenvalue weighted by molar-refractivity contribution is 0.103. The fourth-order valence-electron chi connectivity index (χ4n) is 0.941. The molecule has 0 atom stereocenters. The molecule has 0 aliphatic rings. The van der Waals surface area contributed by atoms with Crippen LogP contribution >= 0.6 is 11.8 Å². The molecule has 0 N–H and O–H groups in total. The van der Waals surface area contributed by atoms with Gasteiger partial charge in [-0.1, -0.05) is 6.58 Å². The molecule has 1 aromatic rings. The van der Waals surface area contributed by atoms with Crippen LogP contribution in [0.25, 0.3) is 0 Å². The Bertz CT molecular complexity index is 308. The van der Waals surface area contributed by atoms with Gasteiger partial charge in [-0.25, -0.2) is 0 Å². The van der Waals surface area contributed by atoms with Crippen molar-refractivity contribution in [2.75, 3.05) is 12.0 Å². The number of ketones is 1. The number of nitrogens with zero attached hydrogens (tertiary/aromatic N) is 1. The molecule has 3 heteroatoms. The molecular formula is C10H11NOS. The lowest BCUT2D eigenvalue weighted by Gasteiger charge is -2.01. The summed E-state index contributed by atoms with van der Waals surface area (Å²) in [6.07, 6.45) is 5.16. The summed E-state index contributed by atoms with van der Waals surface area (Å²) in [6.45, 7) is 3.72. The normalized spacial score (nSPS) is 9.62. The Morgan fingerprint density at radius 2 is 2.46 bits per heavy atom. The lowest BCUT2D eigenvalue weighted by Crippen LogP contribution is -2.04. The minimum absolute atomic E-state index is 0.0116. The van der Waals surface area contributed by atoms with Gasteiger partial charge >= 0.3 is 0 Å². The summed E-state index contributed by atoms with van der Waals surface area (Å²) in [7, 11) is 0. The van der Waals surface area contributed by atoms with Crippen molar-refractivity contribution in [3.05, 3.63) is 42.2 Å². The van der Waals surface area contributed by atoms with E-state index in [-0.39, 0.29) is 5.78 Å². The lowest BCUT2D eigenvalue weighted by atomic mass is 10.1. The number of Topliss-reactive ketones (excluding diaryl/α,β-unsaturated/α-hetero) is 1. The van der Waals surface area contributed by atoms with E-state index in [1.807, 2.05) is 6.26 Å². The van der Waals surface area contributed by atoms with E-state index in [2.05, 4.69) is 11.6 Å². The van der Waals surface area contributed by atoms with E-state index in [9.17, 15) is 4.79 Å². The van der Waals surface area contributed by atoms with Crippen molar-refractivity contribution in [2.45, 2.75) is 0 Å². The van der Waals surface area contributed by atoms with Gasteiger partial charge in [0, 0.05) is 29.3 Å². The van der Waals surface area contributed by atoms with Crippen LogP contribution in [0.3, 0.4) is 0 Å². The summed E-state index contributed by atoms with van der Waals surface area (Å²) in [6, 6.07) is 3.50. The first-order valence-corrected chi connectivity index (χ1v) is 5.26. The molecular weight excluding hydrogens is 182 g/mol. The molecule has 68 valence electrons. The Kier molecular flexibility index (Phi) is 3.71. The number of carbonyl (C=O) groups is 1. The molecule has 0 aliphatic carbocycles. The molecule has 0 aromatic carbocycles. The van der Waals surface area contributed by atoms with Gasteiger partial charge in [0.15, 0.2) is 5.78 Å². The topological polar surface area (TPSA) is 30.0 Å². The van der Waals surface area contributed by atoms with E-state index in [1.165, 1.54) is 0 Å². The third kappa shape index (κ3) is 2.70. The molecule has 13 heavy (non-hydrogen) atoms. The van der Waals surface area contributed by atoms with Crippen molar-refractivity contribution in [1.82, 2.24) is 4.98 Å². The number of thioether (sulfide) groups is 1. The zero-order valence-electron chi connectivity index (χ0n) is 7.49. The first-order valence-electron chi connectivity index (χ1n) is 3.87. The first-order chi connectivity index (χ1) is 6.25. The van der Waals surface area contributed by atoms with Gasteiger partial charge in [0.1, 0.15) is 0 Å². The van der Waals surface area contributed by atoms with E-state index < -0.39 is 0 Å². The third-order valence-corrected chi connectivity index (χ3v) is 2.20. The second kappa shape index (κ2) is 4.82. The largest absolute Gasteiger partial charge is 0.289 e. The van der Waals surface area contributed by atoms with Crippen molar-refractivity contribution < 1.29 is 4.79 Å². The van der Waals surface area contributed by atoms with E-state index in [4.69, 9.17) is 0 Å². The zero-order chi connectivity index (χ0) is 9.68.